The number of ether oxygens (including phenoxy) is 1. The van der Waals surface area contributed by atoms with Gasteiger partial charge < -0.3 is 15.0 Å². The highest BCUT2D eigenvalue weighted by molar-refractivity contribution is 6.05. The summed E-state index contributed by atoms with van der Waals surface area (Å²) < 4.78 is 19.7. The van der Waals surface area contributed by atoms with Crippen LogP contribution in [0.15, 0.2) is 42.5 Å². The first-order valence-electron chi connectivity index (χ1n) is 8.12. The van der Waals surface area contributed by atoms with Crippen LogP contribution in [0.2, 0.25) is 0 Å². The zero-order valence-corrected chi connectivity index (χ0v) is 13.7. The zero-order chi connectivity index (χ0) is 17.6. The largest absolute Gasteiger partial charge is 0.479 e. The number of likely N-dealkylation sites (N-methyl/N-ethyl adjacent to an activating group) is 1. The lowest BCUT2D eigenvalue weighted by atomic mass is 9.94. The Labute approximate surface area is 144 Å². The molecule has 0 aromatic heterocycles. The maximum atomic E-state index is 14.1. The summed E-state index contributed by atoms with van der Waals surface area (Å²) in [6.07, 6.45) is 1.21. The second kappa shape index (κ2) is 5.58. The minimum absolute atomic E-state index is 0.0746. The molecule has 2 aromatic carbocycles. The molecule has 2 aliphatic rings. The molecule has 1 saturated carbocycles. The van der Waals surface area contributed by atoms with Crippen molar-refractivity contribution in [3.8, 4) is 5.75 Å². The van der Waals surface area contributed by atoms with Gasteiger partial charge in [0.15, 0.2) is 12.4 Å². The van der Waals surface area contributed by atoms with Gasteiger partial charge in [-0.2, -0.15) is 0 Å². The molecule has 25 heavy (non-hydrogen) atoms. The molecule has 5 nitrogen and oxygen atoms in total. The fourth-order valence-corrected chi connectivity index (χ4v) is 3.24. The number of hydrogen-bond donors (Lipinski definition) is 1. The number of carbonyl (C=O) groups is 2. The quantitative estimate of drug-likeness (QED) is 0.935. The van der Waals surface area contributed by atoms with Gasteiger partial charge in [0.25, 0.3) is 5.91 Å². The number of carbonyl (C=O) groups excluding carboxylic acids is 2. The molecule has 4 rings (SSSR count). The van der Waals surface area contributed by atoms with Crippen LogP contribution in [0.4, 0.5) is 15.8 Å². The minimum Gasteiger partial charge on any atom is -0.479 e. The molecule has 0 saturated heterocycles. The molecule has 1 aliphatic carbocycles. The van der Waals surface area contributed by atoms with E-state index in [9.17, 15) is 14.0 Å². The maximum Gasteiger partial charge on any atom is 0.264 e. The van der Waals surface area contributed by atoms with Crippen molar-refractivity contribution in [3.63, 3.8) is 0 Å². The summed E-state index contributed by atoms with van der Waals surface area (Å²) in [5.41, 5.74) is 0.685. The lowest BCUT2D eigenvalue weighted by molar-refractivity contribution is -0.121. The van der Waals surface area contributed by atoms with Gasteiger partial charge in [0.2, 0.25) is 5.91 Å². The Morgan fingerprint density at radius 1 is 1.20 bits per heavy atom. The Hall–Kier alpha value is -2.89. The third-order valence-electron chi connectivity index (χ3n) is 4.89. The Bertz CT molecular complexity index is 877. The van der Waals surface area contributed by atoms with Crippen molar-refractivity contribution in [1.82, 2.24) is 0 Å². The van der Waals surface area contributed by atoms with Crippen molar-refractivity contribution < 1.29 is 18.7 Å². The number of benzene rings is 2. The van der Waals surface area contributed by atoms with Crippen molar-refractivity contribution in [2.24, 2.45) is 0 Å². The number of nitrogens with one attached hydrogen (secondary N) is 1. The van der Waals surface area contributed by atoms with Crippen LogP contribution < -0.4 is 15.0 Å². The smallest absolute Gasteiger partial charge is 0.264 e. The van der Waals surface area contributed by atoms with Crippen molar-refractivity contribution >= 4 is 23.2 Å². The third kappa shape index (κ3) is 2.45. The van der Waals surface area contributed by atoms with Gasteiger partial charge in [-0.1, -0.05) is 24.3 Å². The summed E-state index contributed by atoms with van der Waals surface area (Å²) in [5, 5.41) is 2.87. The summed E-state index contributed by atoms with van der Waals surface area (Å²) in [7, 11) is 1.66. The number of nitrogens with zero attached hydrogens (tertiary/aromatic N) is 1. The molecule has 0 radical (unpaired) electrons. The van der Waals surface area contributed by atoms with E-state index in [1.807, 2.05) is 0 Å². The van der Waals surface area contributed by atoms with Crippen LogP contribution in [0.25, 0.3) is 0 Å². The number of hydrogen-bond acceptors (Lipinski definition) is 3. The standard InChI is InChI=1S/C19H17FN2O3/c1-22-15-8-4-7-14(17(15)25-11-16(22)23)21-18(24)19(9-10-19)12-5-2-3-6-13(12)20/h2-8H,9-11H2,1H3,(H,21,24). The molecule has 6 heteroatoms. The first-order chi connectivity index (χ1) is 12.0. The summed E-state index contributed by atoms with van der Waals surface area (Å²) in [6.45, 7) is -0.0746. The SMILES string of the molecule is CN1C(=O)COc2c(NC(=O)C3(c4ccccc4F)CC3)cccc21. The summed E-state index contributed by atoms with van der Waals surface area (Å²) in [6, 6.07) is 11.6. The molecular formula is C19H17FN2O3. The fourth-order valence-electron chi connectivity index (χ4n) is 3.24. The van der Waals surface area contributed by atoms with Gasteiger partial charge in [-0.15, -0.1) is 0 Å². The van der Waals surface area contributed by atoms with E-state index >= 15 is 0 Å². The average molecular weight is 340 g/mol. The number of amides is 2. The first kappa shape index (κ1) is 15.6. The number of anilines is 2. The monoisotopic (exact) mass is 340 g/mol. The van der Waals surface area contributed by atoms with Gasteiger partial charge in [0.1, 0.15) is 5.82 Å². The Morgan fingerprint density at radius 2 is 1.96 bits per heavy atom. The molecule has 0 atom stereocenters. The molecule has 2 amide bonds. The first-order valence-corrected chi connectivity index (χ1v) is 8.12. The Kier molecular flexibility index (Phi) is 3.49. The van der Waals surface area contributed by atoms with Crippen LogP contribution in [-0.4, -0.2) is 25.5 Å². The lowest BCUT2D eigenvalue weighted by Gasteiger charge is -2.28. The molecule has 0 bridgehead atoms. The van der Waals surface area contributed by atoms with Gasteiger partial charge in [-0.3, -0.25) is 9.59 Å². The Morgan fingerprint density at radius 3 is 2.68 bits per heavy atom. The van der Waals surface area contributed by atoms with E-state index in [1.54, 1.807) is 43.4 Å². The van der Waals surface area contributed by atoms with Gasteiger partial charge in [0.05, 0.1) is 16.8 Å². The zero-order valence-electron chi connectivity index (χ0n) is 13.7. The lowest BCUT2D eigenvalue weighted by Crippen LogP contribution is -2.36. The Balaban J connectivity index is 1.65. The van der Waals surface area contributed by atoms with Gasteiger partial charge in [-0.25, -0.2) is 4.39 Å². The highest BCUT2D eigenvalue weighted by atomic mass is 19.1. The van der Waals surface area contributed by atoms with Gasteiger partial charge >= 0.3 is 0 Å². The number of para-hydroxylation sites is 1. The van der Waals surface area contributed by atoms with Crippen LogP contribution in [0.3, 0.4) is 0 Å². The predicted octanol–water partition coefficient (Wildman–Crippen LogP) is 2.85. The van der Waals surface area contributed by atoms with E-state index in [0.717, 1.165) is 0 Å². The van der Waals surface area contributed by atoms with E-state index in [1.165, 1.54) is 11.0 Å². The van der Waals surface area contributed by atoms with Crippen LogP contribution in [-0.2, 0) is 15.0 Å². The molecule has 1 aliphatic heterocycles. The highest BCUT2D eigenvalue weighted by Crippen LogP contribution is 2.50. The van der Waals surface area contributed by atoms with Crippen LogP contribution in [0.5, 0.6) is 5.75 Å². The summed E-state index contributed by atoms with van der Waals surface area (Å²) in [5.74, 6) is -0.316. The molecule has 0 unspecified atom stereocenters. The van der Waals surface area contributed by atoms with Crippen LogP contribution in [0.1, 0.15) is 18.4 Å². The molecule has 128 valence electrons. The highest BCUT2D eigenvalue weighted by Gasteiger charge is 2.52. The molecule has 2 aromatic rings. The second-order valence-electron chi connectivity index (χ2n) is 6.41. The molecular weight excluding hydrogens is 323 g/mol. The minimum atomic E-state index is -0.829. The van der Waals surface area contributed by atoms with Crippen molar-refractivity contribution in [1.29, 1.82) is 0 Å². The van der Waals surface area contributed by atoms with Crippen molar-refractivity contribution in [2.45, 2.75) is 18.3 Å². The number of halogens is 1. The van der Waals surface area contributed by atoms with E-state index in [2.05, 4.69) is 5.32 Å². The normalized spacial score (nSPS) is 17.5. The van der Waals surface area contributed by atoms with Gasteiger partial charge in [-0.05, 0) is 31.0 Å². The van der Waals surface area contributed by atoms with Gasteiger partial charge in [0, 0.05) is 12.6 Å². The maximum absolute atomic E-state index is 14.1. The molecule has 1 fully saturated rings. The van der Waals surface area contributed by atoms with Crippen LogP contribution >= 0.6 is 0 Å². The fraction of sp³-hybridized carbons (Fsp3) is 0.263. The van der Waals surface area contributed by atoms with Crippen molar-refractivity contribution in [3.05, 3.63) is 53.8 Å². The molecule has 0 spiro atoms. The van der Waals surface area contributed by atoms with E-state index < -0.39 is 5.41 Å². The summed E-state index contributed by atoms with van der Waals surface area (Å²) in [4.78, 5) is 26.1. The third-order valence-corrected chi connectivity index (χ3v) is 4.89. The number of fused-ring (bicyclic) bond motifs is 1. The van der Waals surface area contributed by atoms with Crippen LogP contribution in [0, 0.1) is 5.82 Å². The van der Waals surface area contributed by atoms with E-state index in [4.69, 9.17) is 4.74 Å². The topological polar surface area (TPSA) is 58.6 Å². The second-order valence-corrected chi connectivity index (χ2v) is 6.41. The summed E-state index contributed by atoms with van der Waals surface area (Å²) >= 11 is 0. The van der Waals surface area contributed by atoms with Crippen molar-refractivity contribution in [2.75, 3.05) is 23.9 Å². The number of rotatable bonds is 3. The average Bonchev–Trinajstić information content (AvgIpc) is 3.41. The van der Waals surface area contributed by atoms with E-state index in [0.29, 0.717) is 35.5 Å². The van der Waals surface area contributed by atoms with E-state index in [-0.39, 0.29) is 24.2 Å². The molecule has 1 N–H and O–H groups in total. The molecule has 1 heterocycles. The predicted molar refractivity (Wildman–Crippen MR) is 91.3 cm³/mol.